The van der Waals surface area contributed by atoms with E-state index in [0.29, 0.717) is 55.5 Å². The fourth-order valence-corrected chi connectivity index (χ4v) is 4.76. The lowest BCUT2D eigenvalue weighted by molar-refractivity contribution is 0.0714. The van der Waals surface area contributed by atoms with E-state index in [4.69, 9.17) is 21.0 Å². The molecule has 0 atom stereocenters. The molecule has 0 N–H and O–H groups in total. The van der Waals surface area contributed by atoms with Gasteiger partial charge in [-0.05, 0) is 48.7 Å². The van der Waals surface area contributed by atoms with Gasteiger partial charge in [0.2, 0.25) is 0 Å². The van der Waals surface area contributed by atoms with Gasteiger partial charge in [0, 0.05) is 32.1 Å². The number of para-hydroxylation sites is 2. The lowest BCUT2D eigenvalue weighted by Crippen LogP contribution is -2.49. The first-order chi connectivity index (χ1) is 15.6. The molecular weight excluding hydrogens is 426 g/mol. The van der Waals surface area contributed by atoms with Crippen LogP contribution in [0.4, 0.5) is 5.82 Å². The van der Waals surface area contributed by atoms with E-state index in [0.717, 1.165) is 28.0 Å². The van der Waals surface area contributed by atoms with E-state index in [1.54, 1.807) is 12.1 Å². The van der Waals surface area contributed by atoms with Crippen LogP contribution in [0.15, 0.2) is 47.1 Å². The van der Waals surface area contributed by atoms with Crippen molar-refractivity contribution < 1.29 is 9.21 Å². The fourth-order valence-electron chi connectivity index (χ4n) is 4.57. The summed E-state index contributed by atoms with van der Waals surface area (Å²) in [5.74, 6) is 1.73. The number of benzene rings is 1. The van der Waals surface area contributed by atoms with Gasteiger partial charge in [0.05, 0.1) is 22.9 Å². The number of alkyl halides is 1. The lowest BCUT2D eigenvalue weighted by atomic mass is 10.0. The molecule has 1 aromatic carbocycles. The van der Waals surface area contributed by atoms with Crippen LogP contribution in [0, 0.1) is 18.3 Å². The summed E-state index contributed by atoms with van der Waals surface area (Å²) in [4.78, 5) is 21.6. The summed E-state index contributed by atoms with van der Waals surface area (Å²) < 4.78 is 7.38. The Morgan fingerprint density at radius 2 is 1.97 bits per heavy atom. The summed E-state index contributed by atoms with van der Waals surface area (Å²) in [5, 5.41) is 9.92. The smallest absolute Gasteiger partial charge is 0.289 e. The van der Waals surface area contributed by atoms with E-state index >= 15 is 0 Å². The number of aromatic nitrogens is 2. The van der Waals surface area contributed by atoms with Crippen LogP contribution >= 0.6 is 11.6 Å². The Morgan fingerprint density at radius 3 is 2.66 bits per heavy atom. The third-order valence-electron chi connectivity index (χ3n) is 6.15. The maximum Gasteiger partial charge on any atom is 0.289 e. The number of carbonyl (C=O) groups excluding carboxylic acids is 1. The average molecular weight is 448 g/mol. The second-order valence-electron chi connectivity index (χ2n) is 7.87. The molecule has 5 rings (SSSR count). The normalized spacial score (nSPS) is 14.3. The second-order valence-corrected chi connectivity index (χ2v) is 8.25. The number of furan rings is 1. The summed E-state index contributed by atoms with van der Waals surface area (Å²) in [7, 11) is 0. The van der Waals surface area contributed by atoms with Gasteiger partial charge in [0.25, 0.3) is 5.91 Å². The molecule has 32 heavy (non-hydrogen) atoms. The van der Waals surface area contributed by atoms with Crippen LogP contribution in [-0.4, -0.2) is 52.3 Å². The maximum absolute atomic E-state index is 12.7. The second kappa shape index (κ2) is 8.21. The SMILES string of the molecule is Cc1c(CCCl)c(N2CCN(C(=O)c3ccco3)CC2)n2c(nc3ccccc32)c1C#N. The van der Waals surface area contributed by atoms with Gasteiger partial charge in [0.1, 0.15) is 11.9 Å². The molecule has 7 nitrogen and oxygen atoms in total. The summed E-state index contributed by atoms with van der Waals surface area (Å²) >= 11 is 6.19. The molecule has 1 aliphatic rings. The summed E-state index contributed by atoms with van der Waals surface area (Å²) in [6.45, 7) is 4.45. The summed E-state index contributed by atoms with van der Waals surface area (Å²) in [5.41, 5.74) is 5.02. The zero-order valence-corrected chi connectivity index (χ0v) is 18.5. The van der Waals surface area contributed by atoms with E-state index in [-0.39, 0.29) is 5.91 Å². The lowest BCUT2D eigenvalue weighted by Gasteiger charge is -2.37. The minimum Gasteiger partial charge on any atom is -0.459 e. The van der Waals surface area contributed by atoms with Crippen molar-refractivity contribution in [3.05, 3.63) is 65.1 Å². The highest BCUT2D eigenvalue weighted by molar-refractivity contribution is 6.18. The van der Waals surface area contributed by atoms with Crippen LogP contribution in [0.1, 0.15) is 27.2 Å². The molecule has 0 saturated carbocycles. The van der Waals surface area contributed by atoms with Crippen LogP contribution in [0.3, 0.4) is 0 Å². The van der Waals surface area contributed by atoms with Crippen LogP contribution in [-0.2, 0) is 6.42 Å². The van der Waals surface area contributed by atoms with Crippen molar-refractivity contribution in [3.8, 4) is 6.07 Å². The molecular formula is C24H22ClN5O2. The van der Waals surface area contributed by atoms with Crippen molar-refractivity contribution in [1.29, 1.82) is 5.26 Å². The largest absolute Gasteiger partial charge is 0.459 e. The van der Waals surface area contributed by atoms with Crippen LogP contribution < -0.4 is 4.90 Å². The quantitative estimate of drug-likeness (QED) is 0.442. The van der Waals surface area contributed by atoms with Crippen molar-refractivity contribution in [2.45, 2.75) is 13.3 Å². The molecule has 0 unspecified atom stereocenters. The van der Waals surface area contributed by atoms with Gasteiger partial charge in [-0.3, -0.25) is 9.20 Å². The van der Waals surface area contributed by atoms with Gasteiger partial charge >= 0.3 is 0 Å². The summed E-state index contributed by atoms with van der Waals surface area (Å²) in [6.07, 6.45) is 2.16. The van der Waals surface area contributed by atoms with E-state index in [1.165, 1.54) is 6.26 Å². The number of nitriles is 1. The molecule has 0 radical (unpaired) electrons. The van der Waals surface area contributed by atoms with Gasteiger partial charge < -0.3 is 14.2 Å². The number of imidazole rings is 1. The number of anilines is 1. The van der Waals surface area contributed by atoms with E-state index in [9.17, 15) is 10.1 Å². The first-order valence-corrected chi connectivity index (χ1v) is 11.1. The van der Waals surface area contributed by atoms with E-state index in [2.05, 4.69) is 15.4 Å². The molecule has 8 heteroatoms. The molecule has 162 valence electrons. The molecule has 4 heterocycles. The topological polar surface area (TPSA) is 77.8 Å². The zero-order chi connectivity index (χ0) is 22.2. The highest BCUT2D eigenvalue weighted by Crippen LogP contribution is 2.34. The minimum atomic E-state index is -0.0927. The molecule has 0 aliphatic carbocycles. The van der Waals surface area contributed by atoms with Crippen molar-refractivity contribution in [3.63, 3.8) is 0 Å². The number of halogens is 1. The average Bonchev–Trinajstić information content (AvgIpc) is 3.48. The first kappa shape index (κ1) is 20.4. The number of amides is 1. The molecule has 1 aliphatic heterocycles. The van der Waals surface area contributed by atoms with Crippen LogP contribution in [0.2, 0.25) is 0 Å². The first-order valence-electron chi connectivity index (χ1n) is 10.6. The minimum absolute atomic E-state index is 0.0927. The van der Waals surface area contributed by atoms with Crippen LogP contribution in [0.5, 0.6) is 0 Å². The fraction of sp³-hybridized carbons (Fsp3) is 0.292. The number of piperazine rings is 1. The van der Waals surface area contributed by atoms with Gasteiger partial charge in [-0.15, -0.1) is 11.6 Å². The van der Waals surface area contributed by atoms with Gasteiger partial charge in [-0.2, -0.15) is 5.26 Å². The van der Waals surface area contributed by atoms with Crippen molar-refractivity contribution in [2.24, 2.45) is 0 Å². The van der Waals surface area contributed by atoms with Gasteiger partial charge in [-0.25, -0.2) is 4.98 Å². The number of hydrogen-bond acceptors (Lipinski definition) is 5. The number of rotatable bonds is 4. The standard InChI is InChI=1S/C24H22ClN5O2/c1-16-17(8-9-25)23(28-10-12-29(13-11-28)24(31)21-7-4-14-32-21)30-20-6-3-2-5-19(20)27-22(30)18(16)15-26/h2-7,14H,8-13H2,1H3. The van der Waals surface area contributed by atoms with Gasteiger partial charge in [-0.1, -0.05) is 12.1 Å². The Hall–Kier alpha value is -3.50. The maximum atomic E-state index is 12.7. The predicted octanol–water partition coefficient (Wildman–Crippen LogP) is 4.00. The molecule has 3 aromatic heterocycles. The highest BCUT2D eigenvalue weighted by atomic mass is 35.5. The summed E-state index contributed by atoms with van der Waals surface area (Å²) in [6, 6.07) is 13.7. The van der Waals surface area contributed by atoms with Crippen molar-refractivity contribution in [1.82, 2.24) is 14.3 Å². The predicted molar refractivity (Wildman–Crippen MR) is 123 cm³/mol. The number of pyridine rings is 1. The van der Waals surface area contributed by atoms with E-state index < -0.39 is 0 Å². The number of carbonyl (C=O) groups is 1. The Labute approximate surface area is 190 Å². The highest BCUT2D eigenvalue weighted by Gasteiger charge is 2.28. The van der Waals surface area contributed by atoms with Crippen molar-refractivity contribution in [2.75, 3.05) is 37.0 Å². The Bertz CT molecular complexity index is 1340. The number of hydrogen-bond donors (Lipinski definition) is 0. The third-order valence-corrected chi connectivity index (χ3v) is 6.34. The molecule has 1 fully saturated rings. The molecule has 4 aromatic rings. The number of fused-ring (bicyclic) bond motifs is 3. The molecule has 0 spiro atoms. The Kier molecular flexibility index (Phi) is 5.24. The Balaban J connectivity index is 1.61. The number of nitrogens with zero attached hydrogens (tertiary/aromatic N) is 5. The zero-order valence-electron chi connectivity index (χ0n) is 17.7. The molecule has 0 bridgehead atoms. The van der Waals surface area contributed by atoms with Crippen LogP contribution in [0.25, 0.3) is 16.7 Å². The Morgan fingerprint density at radius 1 is 1.19 bits per heavy atom. The monoisotopic (exact) mass is 447 g/mol. The molecule has 1 amide bonds. The van der Waals surface area contributed by atoms with E-state index in [1.807, 2.05) is 36.1 Å². The van der Waals surface area contributed by atoms with Crippen molar-refractivity contribution >= 4 is 40.0 Å². The molecule has 1 saturated heterocycles. The third kappa shape index (κ3) is 3.19. The van der Waals surface area contributed by atoms with Gasteiger partial charge in [0.15, 0.2) is 11.4 Å².